The van der Waals surface area contributed by atoms with E-state index in [1.54, 1.807) is 0 Å². The molecule has 31 heavy (non-hydrogen) atoms. The second-order valence-corrected chi connectivity index (χ2v) is 9.10. The van der Waals surface area contributed by atoms with Crippen LogP contribution in [0, 0.1) is 0 Å². The summed E-state index contributed by atoms with van der Waals surface area (Å²) in [6.07, 6.45) is 1.97. The quantitative estimate of drug-likeness (QED) is 0.305. The summed E-state index contributed by atoms with van der Waals surface area (Å²) in [6.45, 7) is 10.4. The molecule has 0 saturated heterocycles. The van der Waals surface area contributed by atoms with Gasteiger partial charge in [-0.15, -0.1) is 0 Å². The molecule has 3 aromatic carbocycles. The van der Waals surface area contributed by atoms with Gasteiger partial charge in [-0.3, -0.25) is 0 Å². The van der Waals surface area contributed by atoms with Crippen molar-refractivity contribution in [3.8, 4) is 17.1 Å². The highest BCUT2D eigenvalue weighted by molar-refractivity contribution is 5.80. The molecule has 0 aliphatic heterocycles. The van der Waals surface area contributed by atoms with E-state index >= 15 is 0 Å². The minimum Gasteiger partial charge on any atom is -0.494 e. The molecule has 1 aromatic heterocycles. The Hall–Kier alpha value is -3.07. The Morgan fingerprint density at radius 1 is 0.871 bits per heavy atom. The van der Waals surface area contributed by atoms with E-state index in [1.165, 1.54) is 16.6 Å². The first-order valence-electron chi connectivity index (χ1n) is 11.2. The Kier molecular flexibility index (Phi) is 6.13. The van der Waals surface area contributed by atoms with E-state index in [9.17, 15) is 0 Å². The van der Waals surface area contributed by atoms with Gasteiger partial charge in [-0.05, 0) is 53.6 Å². The van der Waals surface area contributed by atoms with Crippen LogP contribution in [0.15, 0.2) is 72.8 Å². The lowest BCUT2D eigenvalue weighted by Gasteiger charge is -2.19. The molecular formula is C28H32N2O. The van der Waals surface area contributed by atoms with Crippen LogP contribution in [0.4, 0.5) is 0 Å². The van der Waals surface area contributed by atoms with Gasteiger partial charge in [0.1, 0.15) is 11.6 Å². The van der Waals surface area contributed by atoms with Crippen molar-refractivity contribution >= 4 is 11.0 Å². The Balaban J connectivity index is 1.52. The molecule has 0 radical (unpaired) electrons. The minimum atomic E-state index is 0.144. The molecule has 4 rings (SSSR count). The summed E-state index contributed by atoms with van der Waals surface area (Å²) in [7, 11) is 0. The average Bonchev–Trinajstić information content (AvgIpc) is 3.15. The lowest BCUT2D eigenvalue weighted by atomic mass is 9.87. The number of aromatic nitrogens is 2. The van der Waals surface area contributed by atoms with Gasteiger partial charge in [0, 0.05) is 12.1 Å². The topological polar surface area (TPSA) is 27.1 Å². The molecule has 0 saturated carbocycles. The van der Waals surface area contributed by atoms with E-state index in [-0.39, 0.29) is 5.41 Å². The van der Waals surface area contributed by atoms with Crippen molar-refractivity contribution in [2.24, 2.45) is 0 Å². The maximum Gasteiger partial charge on any atom is 0.141 e. The molecule has 0 fully saturated rings. The Bertz CT molecular complexity index is 1130. The van der Waals surface area contributed by atoms with Crippen LogP contribution in [0.3, 0.4) is 0 Å². The molecule has 3 heteroatoms. The number of hydrogen-bond acceptors (Lipinski definition) is 2. The second-order valence-electron chi connectivity index (χ2n) is 9.10. The molecule has 0 spiro atoms. The van der Waals surface area contributed by atoms with Crippen molar-refractivity contribution in [3.05, 3.63) is 83.9 Å². The predicted molar refractivity (Wildman–Crippen MR) is 130 cm³/mol. The minimum absolute atomic E-state index is 0.144. The van der Waals surface area contributed by atoms with Crippen molar-refractivity contribution in [1.29, 1.82) is 0 Å². The fourth-order valence-corrected chi connectivity index (χ4v) is 3.88. The van der Waals surface area contributed by atoms with Gasteiger partial charge in [0.25, 0.3) is 0 Å². The summed E-state index contributed by atoms with van der Waals surface area (Å²) in [6, 6.07) is 25.6. The number of benzene rings is 3. The molecule has 0 unspecified atom stereocenters. The lowest BCUT2D eigenvalue weighted by molar-refractivity contribution is 0.303. The summed E-state index contributed by atoms with van der Waals surface area (Å²) in [4.78, 5) is 4.95. The number of aryl methyl sites for hydroxylation is 2. The van der Waals surface area contributed by atoms with Gasteiger partial charge in [0.05, 0.1) is 17.6 Å². The molecule has 160 valence electrons. The maximum atomic E-state index is 5.98. The number of para-hydroxylation sites is 2. The van der Waals surface area contributed by atoms with Crippen molar-refractivity contribution in [2.45, 2.75) is 52.5 Å². The van der Waals surface area contributed by atoms with E-state index in [0.29, 0.717) is 6.61 Å². The fourth-order valence-electron chi connectivity index (χ4n) is 3.88. The molecule has 0 bridgehead atoms. The zero-order valence-corrected chi connectivity index (χ0v) is 19.1. The smallest absolute Gasteiger partial charge is 0.141 e. The third-order valence-corrected chi connectivity index (χ3v) is 5.79. The molecule has 0 aliphatic carbocycles. The fraction of sp³-hybridized carbons (Fsp3) is 0.321. The summed E-state index contributed by atoms with van der Waals surface area (Å²) in [5, 5.41) is 0. The van der Waals surface area contributed by atoms with Crippen LogP contribution < -0.4 is 4.74 Å². The van der Waals surface area contributed by atoms with Crippen LogP contribution in [-0.2, 0) is 18.4 Å². The van der Waals surface area contributed by atoms with Gasteiger partial charge in [0.15, 0.2) is 0 Å². The van der Waals surface area contributed by atoms with Crippen LogP contribution in [-0.4, -0.2) is 16.2 Å². The van der Waals surface area contributed by atoms with Crippen LogP contribution in [0.25, 0.3) is 22.4 Å². The van der Waals surface area contributed by atoms with Crippen LogP contribution in [0.5, 0.6) is 5.75 Å². The van der Waals surface area contributed by atoms with Gasteiger partial charge in [-0.2, -0.15) is 0 Å². The zero-order chi connectivity index (χ0) is 21.8. The molecule has 4 aromatic rings. The molecule has 3 nitrogen and oxygen atoms in total. The summed E-state index contributed by atoms with van der Waals surface area (Å²) >= 11 is 0. The van der Waals surface area contributed by atoms with Crippen LogP contribution >= 0.6 is 0 Å². The van der Waals surface area contributed by atoms with Crippen molar-refractivity contribution in [3.63, 3.8) is 0 Å². The largest absolute Gasteiger partial charge is 0.494 e. The number of hydrogen-bond donors (Lipinski definition) is 0. The first-order valence-corrected chi connectivity index (χ1v) is 11.2. The van der Waals surface area contributed by atoms with Gasteiger partial charge in [0.2, 0.25) is 0 Å². The molecule has 0 atom stereocenters. The standard InChI is InChI=1S/C28H32N2O/c1-5-21-11-17-24(18-12-21)31-20-8-19-30-26-10-7-6-9-25(26)29-27(30)22-13-15-23(16-14-22)28(2,3)4/h6-7,9-18H,5,8,19-20H2,1-4H3. The predicted octanol–water partition coefficient (Wildman–Crippen LogP) is 7.03. The molecule has 0 amide bonds. The molecular weight excluding hydrogens is 380 g/mol. The average molecular weight is 413 g/mol. The first-order chi connectivity index (χ1) is 15.0. The number of imidazole rings is 1. The normalized spacial score (nSPS) is 11.7. The Labute approximate surface area is 185 Å². The monoisotopic (exact) mass is 412 g/mol. The highest BCUT2D eigenvalue weighted by atomic mass is 16.5. The van der Waals surface area contributed by atoms with Crippen LogP contribution in [0.2, 0.25) is 0 Å². The first kappa shape index (κ1) is 21.2. The maximum absolute atomic E-state index is 5.98. The lowest BCUT2D eigenvalue weighted by Crippen LogP contribution is -2.10. The highest BCUT2D eigenvalue weighted by Gasteiger charge is 2.16. The molecule has 0 N–H and O–H groups in total. The summed E-state index contributed by atoms with van der Waals surface area (Å²) < 4.78 is 8.31. The highest BCUT2D eigenvalue weighted by Crippen LogP contribution is 2.28. The molecule has 0 aliphatic rings. The number of fused-ring (bicyclic) bond motifs is 1. The van der Waals surface area contributed by atoms with E-state index in [4.69, 9.17) is 9.72 Å². The van der Waals surface area contributed by atoms with Gasteiger partial charge < -0.3 is 9.30 Å². The van der Waals surface area contributed by atoms with Gasteiger partial charge in [-0.25, -0.2) is 4.98 Å². The number of ether oxygens (including phenoxy) is 1. The Morgan fingerprint density at radius 2 is 1.58 bits per heavy atom. The SMILES string of the molecule is CCc1ccc(OCCCn2c(-c3ccc(C(C)(C)C)cc3)nc3ccccc32)cc1. The zero-order valence-electron chi connectivity index (χ0n) is 19.1. The summed E-state index contributed by atoms with van der Waals surface area (Å²) in [5.41, 5.74) is 6.17. The number of rotatable bonds is 7. The van der Waals surface area contributed by atoms with E-state index in [1.807, 2.05) is 0 Å². The van der Waals surface area contributed by atoms with E-state index in [0.717, 1.165) is 42.0 Å². The van der Waals surface area contributed by atoms with Gasteiger partial charge >= 0.3 is 0 Å². The van der Waals surface area contributed by atoms with Gasteiger partial charge in [-0.1, -0.05) is 76.2 Å². The third kappa shape index (κ3) is 4.82. The third-order valence-electron chi connectivity index (χ3n) is 5.79. The number of nitrogens with zero attached hydrogens (tertiary/aromatic N) is 2. The Morgan fingerprint density at radius 3 is 2.26 bits per heavy atom. The van der Waals surface area contributed by atoms with E-state index < -0.39 is 0 Å². The van der Waals surface area contributed by atoms with Crippen molar-refractivity contribution in [1.82, 2.24) is 9.55 Å². The van der Waals surface area contributed by atoms with Crippen LogP contribution in [0.1, 0.15) is 45.2 Å². The van der Waals surface area contributed by atoms with E-state index in [2.05, 4.69) is 105 Å². The second kappa shape index (κ2) is 8.97. The van der Waals surface area contributed by atoms with Crippen molar-refractivity contribution in [2.75, 3.05) is 6.61 Å². The summed E-state index contributed by atoms with van der Waals surface area (Å²) in [5.74, 6) is 1.96. The van der Waals surface area contributed by atoms with Crippen molar-refractivity contribution < 1.29 is 4.74 Å². The molecule has 1 heterocycles.